The number of halogens is 2. The van der Waals surface area contributed by atoms with E-state index >= 15 is 0 Å². The highest BCUT2D eigenvalue weighted by Gasteiger charge is 2.21. The van der Waals surface area contributed by atoms with Crippen molar-refractivity contribution in [2.75, 3.05) is 19.6 Å². The lowest BCUT2D eigenvalue weighted by Crippen LogP contribution is -3.11. The summed E-state index contributed by atoms with van der Waals surface area (Å²) < 4.78 is 4.43. The fourth-order valence-corrected chi connectivity index (χ4v) is 4.66. The zero-order valence-electron chi connectivity index (χ0n) is 13.4. The number of benzene rings is 2. The van der Waals surface area contributed by atoms with E-state index in [0.29, 0.717) is 6.54 Å². The van der Waals surface area contributed by atoms with Gasteiger partial charge in [0.1, 0.15) is 12.6 Å². The average Bonchev–Trinajstić information content (AvgIpc) is 3.15. The first-order chi connectivity index (χ1) is 11.6. The predicted molar refractivity (Wildman–Crippen MR) is 106 cm³/mol. The van der Waals surface area contributed by atoms with E-state index in [2.05, 4.69) is 72.8 Å². The molecule has 3 nitrogen and oxygen atoms in total. The summed E-state index contributed by atoms with van der Waals surface area (Å²) in [5.74, 6) is 0. The number of likely N-dealkylation sites (tertiary alicyclic amines) is 1. The Bertz CT molecular complexity index is 825. The molecular formula is C19H21Br2N2O+. The lowest BCUT2D eigenvalue weighted by atomic mass is 10.2. The van der Waals surface area contributed by atoms with Gasteiger partial charge in [-0.1, -0.05) is 31.9 Å². The molecule has 1 saturated heterocycles. The molecule has 24 heavy (non-hydrogen) atoms. The number of rotatable bonds is 4. The standard InChI is InChI=1S/C19H20Br2N2O/c20-13-3-5-18-16(9-13)17-10-14(21)4-6-19(17)23(18)12-15(24)11-22-7-1-2-8-22/h3-6,9-10,15,24H,1-2,7-8,11-12H2/p+1/t15-/m1/s1. The molecule has 1 aromatic heterocycles. The van der Waals surface area contributed by atoms with Crippen molar-refractivity contribution < 1.29 is 10.0 Å². The van der Waals surface area contributed by atoms with Crippen molar-refractivity contribution in [3.8, 4) is 0 Å². The van der Waals surface area contributed by atoms with Crippen LogP contribution in [0, 0.1) is 0 Å². The van der Waals surface area contributed by atoms with Gasteiger partial charge in [-0.2, -0.15) is 0 Å². The van der Waals surface area contributed by atoms with E-state index in [1.807, 2.05) is 0 Å². The Morgan fingerprint density at radius 2 is 1.50 bits per heavy atom. The number of hydrogen-bond donors (Lipinski definition) is 2. The lowest BCUT2D eigenvalue weighted by Gasteiger charge is -2.18. The zero-order valence-corrected chi connectivity index (χ0v) is 16.6. The molecule has 1 aliphatic rings. The molecule has 4 rings (SSSR count). The van der Waals surface area contributed by atoms with Crippen LogP contribution < -0.4 is 4.90 Å². The fourth-order valence-electron chi connectivity index (χ4n) is 3.93. The molecule has 5 heteroatoms. The summed E-state index contributed by atoms with van der Waals surface area (Å²) in [5, 5.41) is 13.1. The lowest BCUT2D eigenvalue weighted by molar-refractivity contribution is -0.890. The van der Waals surface area contributed by atoms with E-state index in [0.717, 1.165) is 15.5 Å². The minimum atomic E-state index is -0.316. The van der Waals surface area contributed by atoms with Crippen LogP contribution in [0.2, 0.25) is 0 Å². The Kier molecular flexibility index (Phi) is 4.69. The van der Waals surface area contributed by atoms with Gasteiger partial charge in [-0.15, -0.1) is 0 Å². The molecule has 2 heterocycles. The van der Waals surface area contributed by atoms with Gasteiger partial charge in [-0.3, -0.25) is 0 Å². The normalized spacial score (nSPS) is 17.1. The second-order valence-corrected chi connectivity index (χ2v) is 8.58. The second kappa shape index (κ2) is 6.79. The Balaban J connectivity index is 1.75. The van der Waals surface area contributed by atoms with E-state index < -0.39 is 0 Å². The zero-order chi connectivity index (χ0) is 16.7. The van der Waals surface area contributed by atoms with Gasteiger partial charge in [0, 0.05) is 43.6 Å². The molecule has 2 N–H and O–H groups in total. The summed E-state index contributed by atoms with van der Waals surface area (Å²) in [7, 11) is 0. The second-order valence-electron chi connectivity index (χ2n) is 6.75. The quantitative estimate of drug-likeness (QED) is 0.624. The van der Waals surface area contributed by atoms with Crippen LogP contribution >= 0.6 is 31.9 Å². The van der Waals surface area contributed by atoms with Gasteiger partial charge in [0.15, 0.2) is 0 Å². The van der Waals surface area contributed by atoms with Gasteiger partial charge < -0.3 is 14.6 Å². The van der Waals surface area contributed by atoms with Gasteiger partial charge in [0.25, 0.3) is 0 Å². The third kappa shape index (κ3) is 3.15. The average molecular weight is 453 g/mol. The van der Waals surface area contributed by atoms with Crippen molar-refractivity contribution in [2.24, 2.45) is 0 Å². The molecule has 0 unspecified atom stereocenters. The monoisotopic (exact) mass is 451 g/mol. The molecule has 0 amide bonds. The number of aliphatic hydroxyl groups excluding tert-OH is 1. The molecule has 1 atom stereocenters. The highest BCUT2D eigenvalue weighted by molar-refractivity contribution is 9.10. The molecule has 0 radical (unpaired) electrons. The number of quaternary nitrogens is 1. The molecule has 1 fully saturated rings. The number of fused-ring (bicyclic) bond motifs is 3. The van der Waals surface area contributed by atoms with Gasteiger partial charge >= 0.3 is 0 Å². The SMILES string of the molecule is O[C@@H](Cn1c2ccc(Br)cc2c2cc(Br)ccc21)C[NH+]1CCCC1. The largest absolute Gasteiger partial charge is 0.385 e. The highest BCUT2D eigenvalue weighted by atomic mass is 79.9. The molecule has 126 valence electrons. The summed E-state index contributed by atoms with van der Waals surface area (Å²) in [4.78, 5) is 1.54. The van der Waals surface area contributed by atoms with Crippen molar-refractivity contribution in [1.82, 2.24) is 4.57 Å². The van der Waals surface area contributed by atoms with Gasteiger partial charge in [-0.25, -0.2) is 0 Å². The molecule has 0 aliphatic carbocycles. The van der Waals surface area contributed by atoms with Crippen LogP contribution in [0.3, 0.4) is 0 Å². The smallest absolute Gasteiger partial charge is 0.121 e. The molecule has 0 bridgehead atoms. The Morgan fingerprint density at radius 1 is 0.958 bits per heavy atom. The molecule has 0 saturated carbocycles. The number of hydrogen-bond acceptors (Lipinski definition) is 1. The first-order valence-corrected chi connectivity index (χ1v) is 10.1. The molecular weight excluding hydrogens is 432 g/mol. The third-order valence-electron chi connectivity index (χ3n) is 5.02. The Hall–Kier alpha value is -0.880. The van der Waals surface area contributed by atoms with Crippen LogP contribution in [0.4, 0.5) is 0 Å². The van der Waals surface area contributed by atoms with Crippen LogP contribution in [0.1, 0.15) is 12.8 Å². The van der Waals surface area contributed by atoms with Crippen molar-refractivity contribution in [1.29, 1.82) is 0 Å². The maximum atomic E-state index is 10.6. The van der Waals surface area contributed by atoms with Crippen molar-refractivity contribution in [2.45, 2.75) is 25.5 Å². The summed E-state index contributed by atoms with van der Waals surface area (Å²) in [6, 6.07) is 12.8. The third-order valence-corrected chi connectivity index (χ3v) is 6.00. The van der Waals surface area contributed by atoms with Gasteiger partial charge in [-0.05, 0) is 36.4 Å². The molecule has 3 aromatic rings. The maximum absolute atomic E-state index is 10.6. The van der Waals surface area contributed by atoms with Gasteiger partial charge in [0.2, 0.25) is 0 Å². The fraction of sp³-hybridized carbons (Fsp3) is 0.368. The maximum Gasteiger partial charge on any atom is 0.121 e. The minimum Gasteiger partial charge on any atom is -0.385 e. The van der Waals surface area contributed by atoms with Crippen molar-refractivity contribution >= 4 is 53.7 Å². The van der Waals surface area contributed by atoms with Crippen LogP contribution in [0.5, 0.6) is 0 Å². The molecule has 2 aromatic carbocycles. The minimum absolute atomic E-state index is 0.316. The number of nitrogens with zero attached hydrogens (tertiary/aromatic N) is 1. The summed E-state index contributed by atoms with van der Waals surface area (Å²) in [6.07, 6.45) is 2.27. The Labute approximate surface area is 158 Å². The topological polar surface area (TPSA) is 29.6 Å². The van der Waals surface area contributed by atoms with Crippen LogP contribution in [-0.2, 0) is 6.54 Å². The molecule has 0 spiro atoms. The number of aromatic nitrogens is 1. The predicted octanol–water partition coefficient (Wildman–Crippen LogP) is 3.36. The van der Waals surface area contributed by atoms with Crippen LogP contribution in [0.25, 0.3) is 21.8 Å². The summed E-state index contributed by atoms with van der Waals surface area (Å²) in [5.41, 5.74) is 2.36. The van der Waals surface area contributed by atoms with Crippen molar-refractivity contribution in [3.05, 3.63) is 45.3 Å². The van der Waals surface area contributed by atoms with Crippen LogP contribution in [-0.4, -0.2) is 35.4 Å². The first kappa shape index (κ1) is 16.6. The van der Waals surface area contributed by atoms with E-state index in [1.165, 1.54) is 52.6 Å². The number of nitrogens with one attached hydrogen (secondary N) is 1. The summed E-state index contributed by atoms with van der Waals surface area (Å²) in [6.45, 7) is 3.88. The van der Waals surface area contributed by atoms with E-state index in [1.54, 1.807) is 0 Å². The summed E-state index contributed by atoms with van der Waals surface area (Å²) >= 11 is 7.16. The van der Waals surface area contributed by atoms with E-state index in [-0.39, 0.29) is 6.10 Å². The van der Waals surface area contributed by atoms with E-state index in [9.17, 15) is 5.11 Å². The van der Waals surface area contributed by atoms with Crippen molar-refractivity contribution in [3.63, 3.8) is 0 Å². The van der Waals surface area contributed by atoms with Crippen LogP contribution in [0.15, 0.2) is 45.3 Å². The molecule has 1 aliphatic heterocycles. The number of aliphatic hydroxyl groups is 1. The Morgan fingerprint density at radius 3 is 2.04 bits per heavy atom. The van der Waals surface area contributed by atoms with E-state index in [4.69, 9.17) is 0 Å². The van der Waals surface area contributed by atoms with Gasteiger partial charge in [0.05, 0.1) is 19.6 Å². The first-order valence-electron chi connectivity index (χ1n) is 8.50. The highest BCUT2D eigenvalue weighted by Crippen LogP contribution is 2.33.